The van der Waals surface area contributed by atoms with Crippen molar-refractivity contribution in [2.75, 3.05) is 0 Å². The number of carbonyl (C=O) groups excluding carboxylic acids is 1. The predicted octanol–water partition coefficient (Wildman–Crippen LogP) is 4.49. The summed E-state index contributed by atoms with van der Waals surface area (Å²) < 4.78 is 7.97. The van der Waals surface area contributed by atoms with Crippen LogP contribution in [0.1, 0.15) is 50.0 Å². The number of nitrogens with one attached hydrogen (secondary N) is 1. The minimum Gasteiger partial charge on any atom is -0.486 e. The van der Waals surface area contributed by atoms with Crippen LogP contribution >= 0.6 is 11.3 Å². The Hall–Kier alpha value is -3.19. The lowest BCUT2D eigenvalue weighted by atomic mass is 10.0. The topological polar surface area (TPSA) is 68.5 Å². The molecule has 158 valence electrons. The van der Waals surface area contributed by atoms with E-state index in [1.165, 1.54) is 23.4 Å². The zero-order chi connectivity index (χ0) is 21.2. The number of aromatic nitrogens is 3. The van der Waals surface area contributed by atoms with Crippen LogP contribution in [0, 0.1) is 6.92 Å². The first-order valence-electron chi connectivity index (χ1n) is 10.6. The van der Waals surface area contributed by atoms with Crippen molar-refractivity contribution in [1.29, 1.82) is 0 Å². The summed E-state index contributed by atoms with van der Waals surface area (Å²) in [5.74, 6) is 0.391. The summed E-state index contributed by atoms with van der Waals surface area (Å²) in [4.78, 5) is 23.6. The summed E-state index contributed by atoms with van der Waals surface area (Å²) in [5, 5.41) is 3.97. The van der Waals surface area contributed by atoms with Crippen LogP contribution in [-0.4, -0.2) is 20.3 Å². The van der Waals surface area contributed by atoms with Crippen molar-refractivity contribution in [1.82, 2.24) is 19.7 Å². The minimum absolute atomic E-state index is 0.158. The van der Waals surface area contributed by atoms with Gasteiger partial charge in [-0.05, 0) is 56.4 Å². The zero-order valence-electron chi connectivity index (χ0n) is 17.4. The zero-order valence-corrected chi connectivity index (χ0v) is 18.2. The van der Waals surface area contributed by atoms with Gasteiger partial charge in [-0.1, -0.05) is 18.2 Å². The number of thiazole rings is 1. The first-order chi connectivity index (χ1) is 15.2. The molecular formula is C24H24N4O2S. The number of ether oxygens (including phenoxy) is 1. The Morgan fingerprint density at radius 1 is 1.16 bits per heavy atom. The van der Waals surface area contributed by atoms with E-state index >= 15 is 0 Å². The van der Waals surface area contributed by atoms with Gasteiger partial charge in [0, 0.05) is 17.3 Å². The van der Waals surface area contributed by atoms with Gasteiger partial charge in [0.25, 0.3) is 5.91 Å². The first-order valence-corrected chi connectivity index (χ1v) is 11.4. The quantitative estimate of drug-likeness (QED) is 0.488. The van der Waals surface area contributed by atoms with E-state index < -0.39 is 0 Å². The molecular weight excluding hydrogens is 408 g/mol. The van der Waals surface area contributed by atoms with Crippen LogP contribution in [0.2, 0.25) is 0 Å². The third-order valence-electron chi connectivity index (χ3n) is 5.53. The number of benzene rings is 1. The number of hydrogen-bond donors (Lipinski definition) is 1. The van der Waals surface area contributed by atoms with Crippen molar-refractivity contribution < 1.29 is 9.53 Å². The standard InChI is InChI=1S/C24H24N4O2S/c1-16-7-6-12-28-14-17(26-23(16)28)15-30-20-10-4-2-8-18(20)24(29)25-13-22-27-19-9-3-5-11-21(19)31-22/h2,4,6-8,10,12,14H,3,5,9,11,13,15H2,1H3,(H,25,29). The van der Waals surface area contributed by atoms with Gasteiger partial charge in [0.15, 0.2) is 0 Å². The molecule has 1 amide bonds. The number of hydrogen-bond acceptors (Lipinski definition) is 5. The molecule has 0 atom stereocenters. The van der Waals surface area contributed by atoms with E-state index in [1.807, 2.05) is 54.0 Å². The molecule has 0 bridgehead atoms. The van der Waals surface area contributed by atoms with Crippen LogP contribution in [0.5, 0.6) is 5.75 Å². The second kappa shape index (κ2) is 8.51. The number of amides is 1. The molecule has 0 unspecified atom stereocenters. The van der Waals surface area contributed by atoms with Gasteiger partial charge in [0.1, 0.15) is 23.0 Å². The summed E-state index contributed by atoms with van der Waals surface area (Å²) in [7, 11) is 0. The fourth-order valence-electron chi connectivity index (χ4n) is 3.94. The molecule has 1 N–H and O–H groups in total. The summed E-state index contributed by atoms with van der Waals surface area (Å²) in [6.07, 6.45) is 8.53. The van der Waals surface area contributed by atoms with E-state index in [2.05, 4.69) is 10.3 Å². The molecule has 1 aliphatic carbocycles. The molecule has 4 aromatic rings. The molecule has 0 aliphatic heterocycles. The van der Waals surface area contributed by atoms with Crippen LogP contribution in [0.4, 0.5) is 0 Å². The maximum absolute atomic E-state index is 12.8. The molecule has 7 heteroatoms. The molecule has 1 aliphatic rings. The van der Waals surface area contributed by atoms with E-state index in [1.54, 1.807) is 17.4 Å². The number of para-hydroxylation sites is 1. The van der Waals surface area contributed by atoms with E-state index in [0.29, 0.717) is 24.5 Å². The highest BCUT2D eigenvalue weighted by molar-refractivity contribution is 7.11. The molecule has 5 rings (SSSR count). The Kier molecular flexibility index (Phi) is 5.42. The summed E-state index contributed by atoms with van der Waals surface area (Å²) >= 11 is 1.72. The van der Waals surface area contributed by atoms with Crippen LogP contribution in [0.15, 0.2) is 48.8 Å². The number of rotatable bonds is 6. The summed E-state index contributed by atoms with van der Waals surface area (Å²) in [5.41, 5.74) is 4.57. The number of nitrogens with zero attached hydrogens (tertiary/aromatic N) is 3. The van der Waals surface area contributed by atoms with Gasteiger partial charge < -0.3 is 14.5 Å². The minimum atomic E-state index is -0.158. The third kappa shape index (κ3) is 4.18. The Balaban J connectivity index is 1.26. The normalized spacial score (nSPS) is 13.2. The van der Waals surface area contributed by atoms with Gasteiger partial charge in [-0.3, -0.25) is 4.79 Å². The fraction of sp³-hybridized carbons (Fsp3) is 0.292. The van der Waals surface area contributed by atoms with Gasteiger partial charge in [-0.2, -0.15) is 0 Å². The van der Waals surface area contributed by atoms with Gasteiger partial charge >= 0.3 is 0 Å². The Bertz CT molecular complexity index is 1220. The molecule has 3 heterocycles. The van der Waals surface area contributed by atoms with Crippen molar-refractivity contribution in [2.24, 2.45) is 0 Å². The number of pyridine rings is 1. The fourth-order valence-corrected chi connectivity index (χ4v) is 5.03. The maximum Gasteiger partial charge on any atom is 0.255 e. The molecule has 6 nitrogen and oxygen atoms in total. The van der Waals surface area contributed by atoms with Crippen molar-refractivity contribution in [3.63, 3.8) is 0 Å². The average molecular weight is 433 g/mol. The van der Waals surface area contributed by atoms with Crippen molar-refractivity contribution in [3.05, 3.63) is 81.2 Å². The third-order valence-corrected chi connectivity index (χ3v) is 6.68. The maximum atomic E-state index is 12.8. The lowest BCUT2D eigenvalue weighted by Crippen LogP contribution is -2.23. The highest BCUT2D eigenvalue weighted by Gasteiger charge is 2.17. The van der Waals surface area contributed by atoms with E-state index in [4.69, 9.17) is 9.72 Å². The highest BCUT2D eigenvalue weighted by Crippen LogP contribution is 2.27. The number of aryl methyl sites for hydroxylation is 3. The van der Waals surface area contributed by atoms with Gasteiger partial charge in [0.2, 0.25) is 0 Å². The molecule has 31 heavy (non-hydrogen) atoms. The summed E-state index contributed by atoms with van der Waals surface area (Å²) in [6, 6.07) is 11.3. The largest absolute Gasteiger partial charge is 0.486 e. The van der Waals surface area contributed by atoms with Crippen LogP contribution in [0.3, 0.4) is 0 Å². The average Bonchev–Trinajstić information content (AvgIpc) is 3.40. The van der Waals surface area contributed by atoms with E-state index in [-0.39, 0.29) is 5.91 Å². The van der Waals surface area contributed by atoms with Gasteiger partial charge in [-0.25, -0.2) is 9.97 Å². The van der Waals surface area contributed by atoms with E-state index in [9.17, 15) is 4.79 Å². The van der Waals surface area contributed by atoms with Gasteiger partial charge in [-0.15, -0.1) is 11.3 Å². The summed E-state index contributed by atoms with van der Waals surface area (Å²) in [6.45, 7) is 2.77. The molecule has 1 aromatic carbocycles. The number of fused-ring (bicyclic) bond motifs is 2. The van der Waals surface area contributed by atoms with E-state index in [0.717, 1.165) is 34.8 Å². The first kappa shape index (κ1) is 19.8. The second-order valence-electron chi connectivity index (χ2n) is 7.81. The SMILES string of the molecule is Cc1cccn2cc(COc3ccccc3C(=O)NCc3nc4c(s3)CCCC4)nc12. The Morgan fingerprint density at radius 3 is 2.90 bits per heavy atom. The predicted molar refractivity (Wildman–Crippen MR) is 121 cm³/mol. The smallest absolute Gasteiger partial charge is 0.255 e. The molecule has 0 saturated carbocycles. The van der Waals surface area contributed by atoms with Crippen molar-refractivity contribution in [2.45, 2.75) is 45.8 Å². The Morgan fingerprint density at radius 2 is 2.03 bits per heavy atom. The molecule has 0 radical (unpaired) electrons. The number of carbonyl (C=O) groups is 1. The molecule has 0 fully saturated rings. The van der Waals surface area contributed by atoms with Crippen LogP contribution < -0.4 is 10.1 Å². The molecule has 3 aromatic heterocycles. The van der Waals surface area contributed by atoms with Crippen LogP contribution in [0.25, 0.3) is 5.65 Å². The van der Waals surface area contributed by atoms with Crippen molar-refractivity contribution in [3.8, 4) is 5.75 Å². The van der Waals surface area contributed by atoms with Gasteiger partial charge in [0.05, 0.1) is 23.5 Å². The number of imidazole rings is 1. The molecule has 0 saturated heterocycles. The lowest BCUT2D eigenvalue weighted by Gasteiger charge is -2.10. The lowest BCUT2D eigenvalue weighted by molar-refractivity contribution is 0.0946. The highest BCUT2D eigenvalue weighted by atomic mass is 32.1. The molecule has 0 spiro atoms. The van der Waals surface area contributed by atoms with Crippen LogP contribution in [-0.2, 0) is 26.0 Å². The Labute approximate surface area is 184 Å². The second-order valence-corrected chi connectivity index (χ2v) is 8.97. The monoisotopic (exact) mass is 432 g/mol. The van der Waals surface area contributed by atoms with Crippen molar-refractivity contribution >= 4 is 22.9 Å².